The number of anilines is 1. The topological polar surface area (TPSA) is 49.4 Å². The van der Waals surface area contributed by atoms with Crippen LogP contribution in [0.1, 0.15) is 49.8 Å². The van der Waals surface area contributed by atoms with E-state index in [4.69, 9.17) is 0 Å². The zero-order valence-corrected chi connectivity index (χ0v) is 16.1. The number of carbonyl (C=O) groups is 2. The van der Waals surface area contributed by atoms with Gasteiger partial charge in [-0.2, -0.15) is 0 Å². The molecule has 2 rings (SSSR count). The van der Waals surface area contributed by atoms with Crippen molar-refractivity contribution in [3.8, 4) is 0 Å². The number of aryl methyl sites for hydroxylation is 1. The van der Waals surface area contributed by atoms with Gasteiger partial charge < -0.3 is 10.2 Å². The summed E-state index contributed by atoms with van der Waals surface area (Å²) in [7, 11) is 0. The predicted molar refractivity (Wildman–Crippen MR) is 106 cm³/mol. The van der Waals surface area contributed by atoms with Gasteiger partial charge in [0, 0.05) is 32.1 Å². The molecule has 0 spiro atoms. The van der Waals surface area contributed by atoms with Crippen LogP contribution in [0.25, 0.3) is 0 Å². The maximum atomic E-state index is 12.4. The van der Waals surface area contributed by atoms with E-state index >= 15 is 0 Å². The van der Waals surface area contributed by atoms with E-state index in [2.05, 4.69) is 25.2 Å². The molecule has 2 aromatic rings. The highest BCUT2D eigenvalue weighted by atomic mass is 16.2. The van der Waals surface area contributed by atoms with E-state index in [0.29, 0.717) is 19.0 Å². The van der Waals surface area contributed by atoms with E-state index in [1.165, 1.54) is 0 Å². The molecular formula is C22H28N2O2. The van der Waals surface area contributed by atoms with Crippen LogP contribution in [-0.4, -0.2) is 23.3 Å². The SMILES string of the molecule is CC(=O)N(CCC(=O)Nc1ccccc1C(C)C)Cc1cccc(C)c1. The Morgan fingerprint density at radius 2 is 1.81 bits per heavy atom. The fourth-order valence-corrected chi connectivity index (χ4v) is 2.94. The molecule has 0 saturated heterocycles. The van der Waals surface area contributed by atoms with Crippen LogP contribution in [0.4, 0.5) is 5.69 Å². The van der Waals surface area contributed by atoms with Crippen molar-refractivity contribution in [3.05, 3.63) is 65.2 Å². The van der Waals surface area contributed by atoms with Crippen LogP contribution in [0.2, 0.25) is 0 Å². The van der Waals surface area contributed by atoms with Gasteiger partial charge in [0.1, 0.15) is 0 Å². The molecule has 0 unspecified atom stereocenters. The summed E-state index contributed by atoms with van der Waals surface area (Å²) in [6, 6.07) is 15.9. The van der Waals surface area contributed by atoms with Crippen molar-refractivity contribution in [1.29, 1.82) is 0 Å². The molecule has 2 amide bonds. The standard InChI is InChI=1S/C22H28N2O2/c1-16(2)20-10-5-6-11-21(20)23-22(26)12-13-24(18(4)25)15-19-9-7-8-17(3)14-19/h5-11,14,16H,12-13,15H2,1-4H3,(H,23,26). The summed E-state index contributed by atoms with van der Waals surface area (Å²) in [5, 5.41) is 2.98. The molecule has 0 aliphatic carbocycles. The first-order valence-electron chi connectivity index (χ1n) is 9.06. The molecule has 26 heavy (non-hydrogen) atoms. The van der Waals surface area contributed by atoms with E-state index in [-0.39, 0.29) is 18.2 Å². The second-order valence-corrected chi connectivity index (χ2v) is 6.97. The number of nitrogens with one attached hydrogen (secondary N) is 1. The molecule has 0 saturated carbocycles. The highest BCUT2D eigenvalue weighted by Gasteiger charge is 2.14. The minimum absolute atomic E-state index is 0.0260. The van der Waals surface area contributed by atoms with Crippen LogP contribution in [0.15, 0.2) is 48.5 Å². The largest absolute Gasteiger partial charge is 0.338 e. The van der Waals surface area contributed by atoms with Crippen LogP contribution >= 0.6 is 0 Å². The Balaban J connectivity index is 1.96. The molecule has 4 heteroatoms. The Morgan fingerprint density at radius 3 is 2.46 bits per heavy atom. The molecule has 1 N–H and O–H groups in total. The number of nitrogens with zero attached hydrogens (tertiary/aromatic N) is 1. The van der Waals surface area contributed by atoms with Crippen molar-refractivity contribution >= 4 is 17.5 Å². The number of benzene rings is 2. The molecule has 0 atom stereocenters. The molecule has 2 aromatic carbocycles. The van der Waals surface area contributed by atoms with E-state index < -0.39 is 0 Å². The first-order valence-corrected chi connectivity index (χ1v) is 9.06. The molecule has 0 radical (unpaired) electrons. The lowest BCUT2D eigenvalue weighted by Gasteiger charge is -2.21. The van der Waals surface area contributed by atoms with Crippen LogP contribution in [0.5, 0.6) is 0 Å². The first kappa shape index (κ1) is 19.7. The molecular weight excluding hydrogens is 324 g/mol. The zero-order chi connectivity index (χ0) is 19.1. The number of hydrogen-bond acceptors (Lipinski definition) is 2. The summed E-state index contributed by atoms with van der Waals surface area (Å²) in [5.41, 5.74) is 4.20. The fraction of sp³-hybridized carbons (Fsp3) is 0.364. The monoisotopic (exact) mass is 352 g/mol. The average molecular weight is 352 g/mol. The van der Waals surface area contributed by atoms with Crippen LogP contribution in [0.3, 0.4) is 0 Å². The fourth-order valence-electron chi connectivity index (χ4n) is 2.94. The third-order valence-electron chi connectivity index (χ3n) is 4.37. The van der Waals surface area contributed by atoms with Crippen LogP contribution < -0.4 is 5.32 Å². The summed E-state index contributed by atoms with van der Waals surface area (Å²) < 4.78 is 0. The minimum Gasteiger partial charge on any atom is -0.338 e. The Kier molecular flexibility index (Phi) is 6.96. The summed E-state index contributed by atoms with van der Waals surface area (Å²) >= 11 is 0. The minimum atomic E-state index is -0.0754. The zero-order valence-electron chi connectivity index (χ0n) is 16.1. The van der Waals surface area contributed by atoms with Crippen molar-refractivity contribution < 1.29 is 9.59 Å². The lowest BCUT2D eigenvalue weighted by Crippen LogP contribution is -2.31. The molecule has 0 aliphatic heterocycles. The van der Waals surface area contributed by atoms with Gasteiger partial charge in [-0.05, 0) is 30.0 Å². The van der Waals surface area contributed by atoms with Crippen LogP contribution in [0, 0.1) is 6.92 Å². The van der Waals surface area contributed by atoms with Gasteiger partial charge >= 0.3 is 0 Å². The first-order chi connectivity index (χ1) is 12.4. The molecule has 0 fully saturated rings. The van der Waals surface area contributed by atoms with E-state index in [9.17, 15) is 9.59 Å². The van der Waals surface area contributed by atoms with Gasteiger partial charge in [0.15, 0.2) is 0 Å². The Bertz CT molecular complexity index is 768. The van der Waals surface area contributed by atoms with Crippen molar-refractivity contribution in [2.45, 2.75) is 46.6 Å². The van der Waals surface area contributed by atoms with Crippen molar-refractivity contribution in [1.82, 2.24) is 4.90 Å². The summed E-state index contributed by atoms with van der Waals surface area (Å²) in [6.07, 6.45) is 0.276. The second-order valence-electron chi connectivity index (χ2n) is 6.97. The Hall–Kier alpha value is -2.62. The number of amides is 2. The van der Waals surface area contributed by atoms with Gasteiger partial charge in [-0.3, -0.25) is 9.59 Å². The molecule has 0 bridgehead atoms. The van der Waals surface area contributed by atoms with Gasteiger partial charge in [0.25, 0.3) is 0 Å². The molecule has 0 aliphatic rings. The Labute approximate surface area is 156 Å². The number of hydrogen-bond donors (Lipinski definition) is 1. The van der Waals surface area contributed by atoms with Gasteiger partial charge in [-0.1, -0.05) is 61.9 Å². The number of rotatable bonds is 7. The quantitative estimate of drug-likeness (QED) is 0.798. The predicted octanol–water partition coefficient (Wildman–Crippen LogP) is 4.50. The summed E-state index contributed by atoms with van der Waals surface area (Å²) in [5.74, 6) is 0.233. The highest BCUT2D eigenvalue weighted by Crippen LogP contribution is 2.23. The van der Waals surface area contributed by atoms with Gasteiger partial charge in [-0.15, -0.1) is 0 Å². The van der Waals surface area contributed by atoms with E-state index in [0.717, 1.165) is 22.4 Å². The Morgan fingerprint density at radius 1 is 1.08 bits per heavy atom. The smallest absolute Gasteiger partial charge is 0.226 e. The van der Waals surface area contributed by atoms with Gasteiger partial charge in [0.2, 0.25) is 11.8 Å². The van der Waals surface area contributed by atoms with Crippen LogP contribution in [-0.2, 0) is 16.1 Å². The van der Waals surface area contributed by atoms with Gasteiger partial charge in [-0.25, -0.2) is 0 Å². The van der Waals surface area contributed by atoms with E-state index in [1.807, 2.05) is 49.4 Å². The average Bonchev–Trinajstić information content (AvgIpc) is 2.58. The highest BCUT2D eigenvalue weighted by molar-refractivity contribution is 5.92. The van der Waals surface area contributed by atoms with Crippen molar-refractivity contribution in [2.24, 2.45) is 0 Å². The maximum absolute atomic E-state index is 12.4. The molecule has 0 aromatic heterocycles. The maximum Gasteiger partial charge on any atom is 0.226 e. The second kappa shape index (κ2) is 9.18. The molecule has 138 valence electrons. The van der Waals surface area contributed by atoms with E-state index in [1.54, 1.807) is 11.8 Å². The summed E-state index contributed by atoms with van der Waals surface area (Å²) in [4.78, 5) is 26.0. The van der Waals surface area contributed by atoms with Gasteiger partial charge in [0.05, 0.1) is 0 Å². The molecule has 4 nitrogen and oxygen atoms in total. The normalized spacial score (nSPS) is 10.7. The summed E-state index contributed by atoms with van der Waals surface area (Å²) in [6.45, 7) is 8.70. The number of carbonyl (C=O) groups excluding carboxylic acids is 2. The lowest BCUT2D eigenvalue weighted by atomic mass is 10.0. The number of para-hydroxylation sites is 1. The van der Waals surface area contributed by atoms with Crippen molar-refractivity contribution in [3.63, 3.8) is 0 Å². The molecule has 0 heterocycles. The third-order valence-corrected chi connectivity index (χ3v) is 4.37. The third kappa shape index (κ3) is 5.73. The van der Waals surface area contributed by atoms with Crippen molar-refractivity contribution in [2.75, 3.05) is 11.9 Å². The lowest BCUT2D eigenvalue weighted by molar-refractivity contribution is -0.129.